The summed E-state index contributed by atoms with van der Waals surface area (Å²) in [4.78, 5) is 4.46. The first-order valence-corrected chi connectivity index (χ1v) is 7.65. The highest BCUT2D eigenvalue weighted by Gasteiger charge is 2.13. The minimum atomic E-state index is 0.465. The van der Waals surface area contributed by atoms with Gasteiger partial charge in [0.1, 0.15) is 0 Å². The smallest absolute Gasteiger partial charge is 0.258 e. The highest BCUT2D eigenvalue weighted by Crippen LogP contribution is 2.27. The molecule has 1 N–H and O–H groups in total. The van der Waals surface area contributed by atoms with E-state index in [1.807, 2.05) is 24.3 Å². The lowest BCUT2D eigenvalue weighted by Crippen LogP contribution is -1.91. The van der Waals surface area contributed by atoms with Crippen molar-refractivity contribution < 1.29 is 4.52 Å². The summed E-state index contributed by atoms with van der Waals surface area (Å²) >= 11 is 11.9. The van der Waals surface area contributed by atoms with Gasteiger partial charge in [-0.05, 0) is 29.8 Å². The molecule has 0 spiro atoms. The summed E-state index contributed by atoms with van der Waals surface area (Å²) in [5.41, 5.74) is 2.74. The molecular formula is C16H10Cl2N4O. The topological polar surface area (TPSA) is 67.6 Å². The van der Waals surface area contributed by atoms with Gasteiger partial charge in [-0.15, -0.1) is 0 Å². The highest BCUT2D eigenvalue weighted by atomic mass is 35.5. The number of aromatic amines is 1. The van der Waals surface area contributed by atoms with Crippen molar-refractivity contribution in [3.8, 4) is 11.5 Å². The highest BCUT2D eigenvalue weighted by molar-refractivity contribution is 6.42. The molecule has 2 heterocycles. The lowest BCUT2D eigenvalue weighted by Gasteiger charge is -1.99. The summed E-state index contributed by atoms with van der Waals surface area (Å²) in [5, 5.41) is 13.0. The summed E-state index contributed by atoms with van der Waals surface area (Å²) < 4.78 is 5.39. The van der Waals surface area contributed by atoms with Crippen molar-refractivity contribution in [3.05, 3.63) is 64.0 Å². The zero-order valence-corrected chi connectivity index (χ0v) is 13.3. The maximum atomic E-state index is 6.03. The van der Waals surface area contributed by atoms with Gasteiger partial charge < -0.3 is 4.52 Å². The van der Waals surface area contributed by atoms with Crippen LogP contribution in [0.5, 0.6) is 0 Å². The Morgan fingerprint density at radius 3 is 2.87 bits per heavy atom. The fraction of sp³-hybridized carbons (Fsp3) is 0.0625. The number of nitrogens with zero attached hydrogens (tertiary/aromatic N) is 3. The Bertz CT molecular complexity index is 993. The van der Waals surface area contributed by atoms with Gasteiger partial charge in [-0.2, -0.15) is 10.1 Å². The molecule has 0 radical (unpaired) electrons. The molecule has 0 fully saturated rings. The number of aromatic nitrogens is 4. The molecule has 114 valence electrons. The van der Waals surface area contributed by atoms with Gasteiger partial charge in [-0.25, -0.2) is 0 Å². The van der Waals surface area contributed by atoms with E-state index in [-0.39, 0.29) is 0 Å². The molecule has 0 saturated carbocycles. The molecule has 7 heteroatoms. The van der Waals surface area contributed by atoms with E-state index in [4.69, 9.17) is 27.7 Å². The van der Waals surface area contributed by atoms with Gasteiger partial charge in [0.25, 0.3) is 5.89 Å². The zero-order chi connectivity index (χ0) is 15.8. The Morgan fingerprint density at radius 2 is 2.00 bits per heavy atom. The van der Waals surface area contributed by atoms with Crippen LogP contribution in [-0.4, -0.2) is 20.3 Å². The van der Waals surface area contributed by atoms with Crippen molar-refractivity contribution in [3.63, 3.8) is 0 Å². The zero-order valence-electron chi connectivity index (χ0n) is 11.8. The van der Waals surface area contributed by atoms with Crippen LogP contribution in [0.2, 0.25) is 10.0 Å². The second-order valence-electron chi connectivity index (χ2n) is 5.08. The Hall–Kier alpha value is -2.37. The average molecular weight is 345 g/mol. The van der Waals surface area contributed by atoms with Crippen molar-refractivity contribution in [2.75, 3.05) is 0 Å². The summed E-state index contributed by atoms with van der Waals surface area (Å²) in [5.74, 6) is 1.05. The molecule has 0 saturated heterocycles. The van der Waals surface area contributed by atoms with Gasteiger partial charge in [0.15, 0.2) is 5.82 Å². The number of benzene rings is 2. The minimum Gasteiger partial charge on any atom is -0.334 e. The molecular weight excluding hydrogens is 335 g/mol. The maximum absolute atomic E-state index is 6.03. The Balaban J connectivity index is 1.66. The van der Waals surface area contributed by atoms with Crippen LogP contribution in [-0.2, 0) is 6.42 Å². The lowest BCUT2D eigenvalue weighted by molar-refractivity contribution is 0.424. The monoisotopic (exact) mass is 344 g/mol. The van der Waals surface area contributed by atoms with Gasteiger partial charge in [-0.1, -0.05) is 40.5 Å². The molecule has 0 unspecified atom stereocenters. The van der Waals surface area contributed by atoms with Gasteiger partial charge in [0.2, 0.25) is 0 Å². The lowest BCUT2D eigenvalue weighted by atomic mass is 10.1. The number of halogens is 2. The molecule has 4 rings (SSSR count). The molecule has 0 amide bonds. The third-order valence-electron chi connectivity index (χ3n) is 3.53. The Labute approximate surface area is 141 Å². The van der Waals surface area contributed by atoms with Crippen LogP contribution in [0, 0.1) is 0 Å². The number of fused-ring (bicyclic) bond motifs is 1. The van der Waals surface area contributed by atoms with Gasteiger partial charge in [0.05, 0.1) is 27.3 Å². The first kappa shape index (κ1) is 14.2. The van der Waals surface area contributed by atoms with E-state index in [1.54, 1.807) is 18.3 Å². The molecule has 23 heavy (non-hydrogen) atoms. The fourth-order valence-corrected chi connectivity index (χ4v) is 2.74. The SMILES string of the molecule is Clc1ccc(Cc2noc(-c3cccc4[nH]ncc34)n2)cc1Cl. The quantitative estimate of drug-likeness (QED) is 0.593. The maximum Gasteiger partial charge on any atom is 0.258 e. The van der Waals surface area contributed by atoms with E-state index in [9.17, 15) is 0 Å². The summed E-state index contributed by atoms with van der Waals surface area (Å²) in [6.07, 6.45) is 2.26. The van der Waals surface area contributed by atoms with Crippen LogP contribution >= 0.6 is 23.2 Å². The molecule has 4 aromatic rings. The normalized spacial score (nSPS) is 11.2. The molecule has 2 aromatic carbocycles. The van der Waals surface area contributed by atoms with Crippen molar-refractivity contribution >= 4 is 34.1 Å². The van der Waals surface area contributed by atoms with Crippen molar-refractivity contribution in [2.24, 2.45) is 0 Å². The fourth-order valence-electron chi connectivity index (χ4n) is 2.42. The van der Waals surface area contributed by atoms with E-state index in [1.165, 1.54) is 0 Å². The predicted molar refractivity (Wildman–Crippen MR) is 88.7 cm³/mol. The molecule has 2 aromatic heterocycles. The van der Waals surface area contributed by atoms with E-state index < -0.39 is 0 Å². The standard InChI is InChI=1S/C16H10Cl2N4O/c17-12-5-4-9(6-13(12)18)7-15-20-16(23-22-15)10-2-1-3-14-11(10)8-19-21-14/h1-6,8H,7H2,(H,19,21). The molecule has 0 aliphatic rings. The van der Waals surface area contributed by atoms with Crippen molar-refractivity contribution in [1.82, 2.24) is 20.3 Å². The van der Waals surface area contributed by atoms with Crippen LogP contribution in [0.15, 0.2) is 47.1 Å². The number of rotatable bonds is 3. The van der Waals surface area contributed by atoms with Gasteiger partial charge in [-0.3, -0.25) is 5.10 Å². The van der Waals surface area contributed by atoms with Crippen LogP contribution in [0.4, 0.5) is 0 Å². The first-order valence-electron chi connectivity index (χ1n) is 6.90. The minimum absolute atomic E-state index is 0.465. The summed E-state index contributed by atoms with van der Waals surface area (Å²) in [6.45, 7) is 0. The number of hydrogen-bond donors (Lipinski definition) is 1. The van der Waals surface area contributed by atoms with E-state index in [0.717, 1.165) is 22.0 Å². The van der Waals surface area contributed by atoms with Crippen LogP contribution < -0.4 is 0 Å². The number of nitrogens with one attached hydrogen (secondary N) is 1. The van der Waals surface area contributed by atoms with Gasteiger partial charge >= 0.3 is 0 Å². The predicted octanol–water partition coefficient (Wildman–Crippen LogP) is 4.51. The molecule has 5 nitrogen and oxygen atoms in total. The average Bonchev–Trinajstić information content (AvgIpc) is 3.19. The Kier molecular flexibility index (Phi) is 3.52. The third-order valence-corrected chi connectivity index (χ3v) is 4.27. The van der Waals surface area contributed by atoms with Crippen molar-refractivity contribution in [1.29, 1.82) is 0 Å². The number of hydrogen-bond acceptors (Lipinski definition) is 4. The molecule has 0 atom stereocenters. The van der Waals surface area contributed by atoms with E-state index in [2.05, 4.69) is 20.3 Å². The molecule has 0 aliphatic carbocycles. The molecule has 0 bridgehead atoms. The second-order valence-corrected chi connectivity index (χ2v) is 5.89. The number of H-pyrrole nitrogens is 1. The van der Waals surface area contributed by atoms with Crippen LogP contribution in [0.3, 0.4) is 0 Å². The Morgan fingerprint density at radius 1 is 1.09 bits per heavy atom. The largest absolute Gasteiger partial charge is 0.334 e. The van der Waals surface area contributed by atoms with Gasteiger partial charge in [0, 0.05) is 11.8 Å². The second kappa shape index (κ2) is 5.68. The van der Waals surface area contributed by atoms with Crippen LogP contribution in [0.1, 0.15) is 11.4 Å². The van der Waals surface area contributed by atoms with Crippen LogP contribution in [0.25, 0.3) is 22.4 Å². The van der Waals surface area contributed by atoms with E-state index in [0.29, 0.717) is 28.2 Å². The third kappa shape index (κ3) is 2.69. The van der Waals surface area contributed by atoms with Crippen molar-refractivity contribution in [2.45, 2.75) is 6.42 Å². The van der Waals surface area contributed by atoms with E-state index >= 15 is 0 Å². The molecule has 0 aliphatic heterocycles. The summed E-state index contributed by atoms with van der Waals surface area (Å²) in [6, 6.07) is 11.2. The first-order chi connectivity index (χ1) is 11.2. The summed E-state index contributed by atoms with van der Waals surface area (Å²) in [7, 11) is 0.